The SMILES string of the molecule is Cc1cc(C)cc(NC(=O)C2CC(=O)N(CCCN(C)C)C2)c1. The van der Waals surface area contributed by atoms with Crippen LogP contribution in [0.1, 0.15) is 24.0 Å². The lowest BCUT2D eigenvalue weighted by molar-refractivity contribution is -0.128. The van der Waals surface area contributed by atoms with Gasteiger partial charge in [0.1, 0.15) is 0 Å². The summed E-state index contributed by atoms with van der Waals surface area (Å²) in [6, 6.07) is 5.98. The van der Waals surface area contributed by atoms with Crippen molar-refractivity contribution in [3.63, 3.8) is 0 Å². The number of carbonyl (C=O) groups excluding carboxylic acids is 2. The Morgan fingerprint density at radius 1 is 1.26 bits per heavy atom. The number of amides is 2. The highest BCUT2D eigenvalue weighted by molar-refractivity contribution is 5.97. The molecule has 1 fully saturated rings. The van der Waals surface area contributed by atoms with Crippen LogP contribution in [0.3, 0.4) is 0 Å². The molecule has 5 nitrogen and oxygen atoms in total. The van der Waals surface area contributed by atoms with Crippen molar-refractivity contribution in [3.8, 4) is 0 Å². The first kappa shape index (κ1) is 17.5. The van der Waals surface area contributed by atoms with E-state index in [1.54, 1.807) is 0 Å². The summed E-state index contributed by atoms with van der Waals surface area (Å²) in [4.78, 5) is 28.4. The number of hydrogen-bond acceptors (Lipinski definition) is 3. The van der Waals surface area contributed by atoms with Crippen molar-refractivity contribution < 1.29 is 9.59 Å². The molecular weight excluding hydrogens is 290 g/mol. The van der Waals surface area contributed by atoms with Crippen molar-refractivity contribution in [3.05, 3.63) is 29.3 Å². The molecule has 1 atom stereocenters. The van der Waals surface area contributed by atoms with Gasteiger partial charge in [0.25, 0.3) is 0 Å². The van der Waals surface area contributed by atoms with Gasteiger partial charge in [-0.1, -0.05) is 6.07 Å². The molecule has 0 aliphatic carbocycles. The van der Waals surface area contributed by atoms with Gasteiger partial charge in [-0.05, 0) is 64.2 Å². The minimum atomic E-state index is -0.248. The molecule has 1 heterocycles. The molecule has 0 saturated carbocycles. The zero-order valence-corrected chi connectivity index (χ0v) is 14.6. The Balaban J connectivity index is 1.89. The van der Waals surface area contributed by atoms with Crippen molar-refractivity contribution in [2.24, 2.45) is 5.92 Å². The fourth-order valence-electron chi connectivity index (χ4n) is 3.03. The van der Waals surface area contributed by atoms with E-state index < -0.39 is 0 Å². The molecule has 0 aromatic heterocycles. The summed E-state index contributed by atoms with van der Waals surface area (Å²) in [5.41, 5.74) is 3.05. The maximum absolute atomic E-state index is 12.4. The summed E-state index contributed by atoms with van der Waals surface area (Å²) in [6.45, 7) is 6.22. The van der Waals surface area contributed by atoms with Crippen molar-refractivity contribution in [2.75, 3.05) is 39.0 Å². The van der Waals surface area contributed by atoms with Crippen LogP contribution in [-0.2, 0) is 9.59 Å². The van der Waals surface area contributed by atoms with Gasteiger partial charge in [-0.3, -0.25) is 9.59 Å². The number of benzene rings is 1. The third-order valence-corrected chi connectivity index (χ3v) is 4.11. The second-order valence-electron chi connectivity index (χ2n) is 6.76. The highest BCUT2D eigenvalue weighted by Crippen LogP contribution is 2.21. The van der Waals surface area contributed by atoms with Crippen LogP contribution in [0.4, 0.5) is 5.69 Å². The van der Waals surface area contributed by atoms with E-state index in [2.05, 4.69) is 16.3 Å². The maximum atomic E-state index is 12.4. The van der Waals surface area contributed by atoms with Gasteiger partial charge in [-0.15, -0.1) is 0 Å². The molecule has 1 unspecified atom stereocenters. The quantitative estimate of drug-likeness (QED) is 0.873. The van der Waals surface area contributed by atoms with Gasteiger partial charge in [0.05, 0.1) is 5.92 Å². The zero-order valence-electron chi connectivity index (χ0n) is 14.6. The Labute approximate surface area is 138 Å². The maximum Gasteiger partial charge on any atom is 0.229 e. The summed E-state index contributed by atoms with van der Waals surface area (Å²) in [5.74, 6) is -0.217. The fourth-order valence-corrected chi connectivity index (χ4v) is 3.03. The highest BCUT2D eigenvalue weighted by Gasteiger charge is 2.33. The number of hydrogen-bond donors (Lipinski definition) is 1. The Bertz CT molecular complexity index is 563. The second kappa shape index (κ2) is 7.59. The number of anilines is 1. The Morgan fingerprint density at radius 2 is 1.91 bits per heavy atom. The molecule has 126 valence electrons. The first-order valence-corrected chi connectivity index (χ1v) is 8.17. The normalized spacial score (nSPS) is 17.9. The van der Waals surface area contributed by atoms with Crippen LogP contribution in [0, 0.1) is 19.8 Å². The molecular formula is C18H27N3O2. The number of nitrogens with zero attached hydrogens (tertiary/aromatic N) is 2. The predicted molar refractivity (Wildman–Crippen MR) is 92.4 cm³/mol. The van der Waals surface area contributed by atoms with Crippen LogP contribution < -0.4 is 5.32 Å². The van der Waals surface area contributed by atoms with E-state index in [4.69, 9.17) is 0 Å². The first-order chi connectivity index (χ1) is 10.8. The monoisotopic (exact) mass is 317 g/mol. The van der Waals surface area contributed by atoms with Gasteiger partial charge in [-0.2, -0.15) is 0 Å². The number of rotatable bonds is 6. The van der Waals surface area contributed by atoms with E-state index in [0.717, 1.165) is 36.3 Å². The lowest BCUT2D eigenvalue weighted by Crippen LogP contribution is -2.30. The molecule has 23 heavy (non-hydrogen) atoms. The fraction of sp³-hybridized carbons (Fsp3) is 0.556. The van der Waals surface area contributed by atoms with Gasteiger partial charge >= 0.3 is 0 Å². The molecule has 1 saturated heterocycles. The van der Waals surface area contributed by atoms with Gasteiger partial charge in [0, 0.05) is 25.2 Å². The van der Waals surface area contributed by atoms with E-state index in [1.807, 2.05) is 45.0 Å². The average Bonchev–Trinajstić information content (AvgIpc) is 2.79. The number of nitrogens with one attached hydrogen (secondary N) is 1. The van der Waals surface area contributed by atoms with Gasteiger partial charge < -0.3 is 15.1 Å². The zero-order chi connectivity index (χ0) is 17.0. The smallest absolute Gasteiger partial charge is 0.229 e. The molecule has 1 aromatic rings. The second-order valence-corrected chi connectivity index (χ2v) is 6.76. The lowest BCUT2D eigenvalue weighted by atomic mass is 10.1. The first-order valence-electron chi connectivity index (χ1n) is 8.17. The predicted octanol–water partition coefficient (Wildman–Crippen LogP) is 2.04. The van der Waals surface area contributed by atoms with Crippen molar-refractivity contribution in [2.45, 2.75) is 26.7 Å². The topological polar surface area (TPSA) is 52.7 Å². The summed E-state index contributed by atoms with van der Waals surface area (Å²) < 4.78 is 0. The Kier molecular flexibility index (Phi) is 5.77. The van der Waals surface area contributed by atoms with E-state index in [9.17, 15) is 9.59 Å². The summed E-state index contributed by atoms with van der Waals surface area (Å²) in [5, 5.41) is 2.95. The molecule has 5 heteroatoms. The molecule has 2 rings (SSSR count). The van der Waals surface area contributed by atoms with Gasteiger partial charge in [0.15, 0.2) is 0 Å². The summed E-state index contributed by atoms with van der Waals surface area (Å²) in [6.07, 6.45) is 1.25. The molecule has 1 N–H and O–H groups in total. The number of carbonyl (C=O) groups is 2. The summed E-state index contributed by atoms with van der Waals surface area (Å²) >= 11 is 0. The van der Waals surface area contributed by atoms with Crippen LogP contribution in [0.5, 0.6) is 0 Å². The average molecular weight is 317 g/mol. The van der Waals surface area contributed by atoms with E-state index in [0.29, 0.717) is 13.0 Å². The number of likely N-dealkylation sites (tertiary alicyclic amines) is 1. The molecule has 1 aromatic carbocycles. The third kappa shape index (κ3) is 5.06. The largest absolute Gasteiger partial charge is 0.342 e. The van der Waals surface area contributed by atoms with E-state index >= 15 is 0 Å². The van der Waals surface area contributed by atoms with Crippen LogP contribution in [0.25, 0.3) is 0 Å². The number of aryl methyl sites for hydroxylation is 2. The van der Waals surface area contributed by atoms with Gasteiger partial charge in [0.2, 0.25) is 11.8 Å². The van der Waals surface area contributed by atoms with Crippen molar-refractivity contribution in [1.29, 1.82) is 0 Å². The molecule has 0 radical (unpaired) electrons. The minimum Gasteiger partial charge on any atom is -0.342 e. The van der Waals surface area contributed by atoms with Crippen LogP contribution in [-0.4, -0.2) is 55.3 Å². The van der Waals surface area contributed by atoms with Gasteiger partial charge in [-0.25, -0.2) is 0 Å². The molecule has 0 spiro atoms. The molecule has 0 bridgehead atoms. The molecule has 2 amide bonds. The van der Waals surface area contributed by atoms with Crippen LogP contribution in [0.2, 0.25) is 0 Å². The Hall–Kier alpha value is -1.88. The Morgan fingerprint density at radius 3 is 2.52 bits per heavy atom. The van der Waals surface area contributed by atoms with Crippen LogP contribution in [0.15, 0.2) is 18.2 Å². The molecule has 1 aliphatic rings. The minimum absolute atomic E-state index is 0.0570. The lowest BCUT2D eigenvalue weighted by Gasteiger charge is -2.18. The highest BCUT2D eigenvalue weighted by atomic mass is 16.2. The molecule has 1 aliphatic heterocycles. The van der Waals surface area contributed by atoms with E-state index in [1.165, 1.54) is 0 Å². The van der Waals surface area contributed by atoms with Crippen molar-refractivity contribution >= 4 is 17.5 Å². The van der Waals surface area contributed by atoms with Crippen LogP contribution >= 0.6 is 0 Å². The third-order valence-electron chi connectivity index (χ3n) is 4.11. The standard InChI is InChI=1S/C18H27N3O2/c1-13-8-14(2)10-16(9-13)19-18(23)15-11-17(22)21(12-15)7-5-6-20(3)4/h8-10,15H,5-7,11-12H2,1-4H3,(H,19,23). The summed E-state index contributed by atoms with van der Waals surface area (Å²) in [7, 11) is 4.04. The van der Waals surface area contributed by atoms with E-state index in [-0.39, 0.29) is 17.7 Å². The van der Waals surface area contributed by atoms with Crippen molar-refractivity contribution in [1.82, 2.24) is 9.80 Å².